The summed E-state index contributed by atoms with van der Waals surface area (Å²) in [7, 11) is -0.623. The van der Waals surface area contributed by atoms with Crippen molar-refractivity contribution in [2.45, 2.75) is 11.3 Å². The summed E-state index contributed by atoms with van der Waals surface area (Å²) in [6.45, 7) is 0.220. The summed E-state index contributed by atoms with van der Waals surface area (Å²) in [5.74, 6) is 0.413. The van der Waals surface area contributed by atoms with Crippen LogP contribution in [0, 0.1) is 0 Å². The lowest BCUT2D eigenvalue weighted by Crippen LogP contribution is -2.22. The average molecular weight is 427 g/mol. The maximum atomic E-state index is 12.1. The molecule has 1 amide bonds. The van der Waals surface area contributed by atoms with E-state index in [-0.39, 0.29) is 23.8 Å². The van der Waals surface area contributed by atoms with Crippen LogP contribution >= 0.6 is 15.9 Å². The number of carbonyl (C=O) groups is 1. The Morgan fingerprint density at radius 2 is 1.88 bits per heavy atom. The third-order valence-electron chi connectivity index (χ3n) is 3.29. The van der Waals surface area contributed by atoms with Crippen molar-refractivity contribution < 1.29 is 17.9 Å². The van der Waals surface area contributed by atoms with Crippen LogP contribution < -0.4 is 10.1 Å². The molecule has 8 heteroatoms. The zero-order valence-corrected chi connectivity index (χ0v) is 16.3. The molecule has 0 aromatic heterocycles. The van der Waals surface area contributed by atoms with E-state index in [9.17, 15) is 13.2 Å². The zero-order chi connectivity index (χ0) is 18.4. The Kier molecular flexibility index (Phi) is 6.57. The summed E-state index contributed by atoms with van der Waals surface area (Å²) in [5, 5.41) is 2.68. The number of benzene rings is 2. The first-order valence-electron chi connectivity index (χ1n) is 7.50. The summed E-state index contributed by atoms with van der Waals surface area (Å²) >= 11 is 3.35. The van der Waals surface area contributed by atoms with Crippen LogP contribution in [0.1, 0.15) is 6.42 Å². The molecule has 2 aromatic rings. The molecule has 0 bridgehead atoms. The maximum Gasteiger partial charge on any atom is 0.242 e. The number of carbonyl (C=O) groups excluding carboxylic acids is 1. The molecule has 25 heavy (non-hydrogen) atoms. The van der Waals surface area contributed by atoms with Crippen LogP contribution in [0.2, 0.25) is 0 Å². The smallest absolute Gasteiger partial charge is 0.242 e. The standard InChI is InChI=1S/C17H19BrN2O4S/c1-20(2)25(22,23)16-8-4-6-14(12-16)19-17(21)9-10-24-15-7-3-5-13(18)11-15/h3-8,11-12H,9-10H2,1-2H3,(H,19,21). The number of nitrogens with zero attached hydrogens (tertiary/aromatic N) is 1. The third-order valence-corrected chi connectivity index (χ3v) is 5.59. The normalized spacial score (nSPS) is 11.4. The van der Waals surface area contributed by atoms with E-state index in [2.05, 4.69) is 21.2 Å². The van der Waals surface area contributed by atoms with E-state index >= 15 is 0 Å². The minimum atomic E-state index is -3.54. The van der Waals surface area contributed by atoms with Crippen LogP contribution in [0.4, 0.5) is 5.69 Å². The van der Waals surface area contributed by atoms with Crippen LogP contribution in [0.3, 0.4) is 0 Å². The van der Waals surface area contributed by atoms with Gasteiger partial charge in [0.2, 0.25) is 15.9 Å². The molecule has 134 valence electrons. The first kappa shape index (κ1) is 19.4. The van der Waals surface area contributed by atoms with Gasteiger partial charge in [-0.3, -0.25) is 4.79 Å². The summed E-state index contributed by atoms with van der Waals surface area (Å²) in [4.78, 5) is 12.1. The van der Waals surface area contributed by atoms with Crippen LogP contribution in [-0.4, -0.2) is 39.3 Å². The molecule has 0 heterocycles. The summed E-state index contributed by atoms with van der Waals surface area (Å²) in [6.07, 6.45) is 0.150. The first-order valence-corrected chi connectivity index (χ1v) is 9.73. The van der Waals surface area contributed by atoms with E-state index in [1.54, 1.807) is 18.2 Å². The second-order valence-electron chi connectivity index (χ2n) is 5.42. The molecular formula is C17H19BrN2O4S. The van der Waals surface area contributed by atoms with Crippen molar-refractivity contribution in [2.75, 3.05) is 26.0 Å². The Labute approximate surface area is 156 Å². The predicted molar refractivity (Wildman–Crippen MR) is 100 cm³/mol. The fourth-order valence-electron chi connectivity index (χ4n) is 1.99. The molecular weight excluding hydrogens is 408 g/mol. The molecule has 2 rings (SSSR count). The number of nitrogens with one attached hydrogen (secondary N) is 1. The van der Waals surface area contributed by atoms with Crippen molar-refractivity contribution >= 4 is 37.5 Å². The summed E-state index contributed by atoms with van der Waals surface area (Å²) < 4.78 is 31.8. The van der Waals surface area contributed by atoms with Gasteiger partial charge in [0, 0.05) is 24.3 Å². The van der Waals surface area contributed by atoms with Gasteiger partial charge in [0.1, 0.15) is 5.75 Å². The van der Waals surface area contributed by atoms with E-state index in [1.807, 2.05) is 18.2 Å². The van der Waals surface area contributed by atoms with Gasteiger partial charge in [-0.2, -0.15) is 0 Å². The van der Waals surface area contributed by atoms with Gasteiger partial charge in [-0.25, -0.2) is 12.7 Å². The molecule has 0 fully saturated rings. The minimum Gasteiger partial charge on any atom is -0.493 e. The Balaban J connectivity index is 1.92. The lowest BCUT2D eigenvalue weighted by molar-refractivity contribution is -0.116. The van der Waals surface area contributed by atoms with E-state index in [4.69, 9.17) is 4.74 Å². The number of ether oxygens (including phenoxy) is 1. The lowest BCUT2D eigenvalue weighted by Gasteiger charge is -2.13. The molecule has 0 aliphatic rings. The molecule has 0 saturated heterocycles. The highest BCUT2D eigenvalue weighted by Crippen LogP contribution is 2.19. The maximum absolute atomic E-state index is 12.1. The monoisotopic (exact) mass is 426 g/mol. The highest BCUT2D eigenvalue weighted by Gasteiger charge is 2.17. The quantitative estimate of drug-likeness (QED) is 0.737. The van der Waals surface area contributed by atoms with Crippen LogP contribution in [0.5, 0.6) is 5.75 Å². The second kappa shape index (κ2) is 8.46. The molecule has 0 aliphatic heterocycles. The second-order valence-corrected chi connectivity index (χ2v) is 8.49. The molecule has 1 N–H and O–H groups in total. The van der Waals surface area contributed by atoms with Gasteiger partial charge in [0.25, 0.3) is 0 Å². The Hall–Kier alpha value is -1.90. The molecule has 6 nitrogen and oxygen atoms in total. The first-order chi connectivity index (χ1) is 11.8. The average Bonchev–Trinajstić information content (AvgIpc) is 2.55. The number of rotatable bonds is 7. The third kappa shape index (κ3) is 5.55. The van der Waals surface area contributed by atoms with Gasteiger partial charge in [-0.15, -0.1) is 0 Å². The SMILES string of the molecule is CN(C)S(=O)(=O)c1cccc(NC(=O)CCOc2cccc(Br)c2)c1. The van der Waals surface area contributed by atoms with E-state index < -0.39 is 10.0 Å². The van der Waals surface area contributed by atoms with Crippen molar-refractivity contribution in [1.82, 2.24) is 4.31 Å². The van der Waals surface area contributed by atoms with Gasteiger partial charge in [0.05, 0.1) is 17.9 Å². The Morgan fingerprint density at radius 3 is 2.56 bits per heavy atom. The van der Waals surface area contributed by atoms with Crippen molar-refractivity contribution in [3.8, 4) is 5.75 Å². The zero-order valence-electron chi connectivity index (χ0n) is 13.9. The molecule has 0 atom stereocenters. The fourth-order valence-corrected chi connectivity index (χ4v) is 3.31. The van der Waals surface area contributed by atoms with Gasteiger partial charge in [-0.05, 0) is 36.4 Å². The van der Waals surface area contributed by atoms with Gasteiger partial charge in [0.15, 0.2) is 0 Å². The van der Waals surface area contributed by atoms with E-state index in [1.165, 1.54) is 26.2 Å². The molecule has 0 aliphatic carbocycles. The van der Waals surface area contributed by atoms with Gasteiger partial charge < -0.3 is 10.1 Å². The van der Waals surface area contributed by atoms with Crippen molar-refractivity contribution in [3.63, 3.8) is 0 Å². The number of halogens is 1. The summed E-state index contributed by atoms with van der Waals surface area (Å²) in [6, 6.07) is 13.5. The van der Waals surface area contributed by atoms with Gasteiger partial charge in [-0.1, -0.05) is 28.1 Å². The molecule has 0 unspecified atom stereocenters. The van der Waals surface area contributed by atoms with Crippen molar-refractivity contribution in [3.05, 3.63) is 53.0 Å². The number of amides is 1. The highest BCUT2D eigenvalue weighted by atomic mass is 79.9. The lowest BCUT2D eigenvalue weighted by atomic mass is 10.3. The van der Waals surface area contributed by atoms with Crippen LogP contribution in [0.15, 0.2) is 57.9 Å². The van der Waals surface area contributed by atoms with Crippen LogP contribution in [-0.2, 0) is 14.8 Å². The highest BCUT2D eigenvalue weighted by molar-refractivity contribution is 9.10. The number of hydrogen-bond donors (Lipinski definition) is 1. The molecule has 0 spiro atoms. The van der Waals surface area contributed by atoms with Crippen LogP contribution in [0.25, 0.3) is 0 Å². The predicted octanol–water partition coefficient (Wildman–Crippen LogP) is 3.11. The topological polar surface area (TPSA) is 75.7 Å². The molecule has 0 radical (unpaired) electrons. The van der Waals surface area contributed by atoms with E-state index in [0.29, 0.717) is 11.4 Å². The number of hydrogen-bond acceptors (Lipinski definition) is 4. The number of anilines is 1. The Morgan fingerprint density at radius 1 is 1.16 bits per heavy atom. The Bertz CT molecular complexity index is 853. The van der Waals surface area contributed by atoms with E-state index in [0.717, 1.165) is 8.78 Å². The number of sulfonamides is 1. The summed E-state index contributed by atoms with van der Waals surface area (Å²) in [5.41, 5.74) is 0.426. The van der Waals surface area contributed by atoms with Crippen molar-refractivity contribution in [2.24, 2.45) is 0 Å². The largest absolute Gasteiger partial charge is 0.493 e. The van der Waals surface area contributed by atoms with Gasteiger partial charge >= 0.3 is 0 Å². The minimum absolute atomic E-state index is 0.126. The molecule has 2 aromatic carbocycles. The fraction of sp³-hybridized carbons (Fsp3) is 0.235. The van der Waals surface area contributed by atoms with Crippen molar-refractivity contribution in [1.29, 1.82) is 0 Å². The molecule has 0 saturated carbocycles.